The number of benzene rings is 2. The van der Waals surface area contributed by atoms with Gasteiger partial charge in [-0.25, -0.2) is 4.98 Å². The summed E-state index contributed by atoms with van der Waals surface area (Å²) in [4.78, 5) is 7.73. The molecule has 4 N–H and O–H groups in total. The molecule has 1 aromatic heterocycles. The van der Waals surface area contributed by atoms with Crippen LogP contribution in [0.2, 0.25) is 0 Å². The van der Waals surface area contributed by atoms with E-state index in [0.717, 1.165) is 28.4 Å². The number of H-pyrrole nitrogens is 1. The summed E-state index contributed by atoms with van der Waals surface area (Å²) in [7, 11) is 0. The molecule has 4 heteroatoms. The van der Waals surface area contributed by atoms with Crippen molar-refractivity contribution in [2.45, 2.75) is 19.8 Å². The Kier molecular flexibility index (Phi) is 3.06. The number of aromatic amines is 1. The molecule has 0 fully saturated rings. The average Bonchev–Trinajstić information content (AvgIpc) is 2.80. The fourth-order valence-corrected chi connectivity index (χ4v) is 2.20. The highest BCUT2D eigenvalue weighted by atomic mass is 15.1. The number of anilines is 3. The number of nitrogens with two attached hydrogens (primary N) is 1. The first-order chi connectivity index (χ1) is 9.61. The lowest BCUT2D eigenvalue weighted by Gasteiger charge is -2.08. The van der Waals surface area contributed by atoms with Gasteiger partial charge in [-0.15, -0.1) is 0 Å². The third-order valence-corrected chi connectivity index (χ3v) is 3.32. The molecule has 0 unspecified atom stereocenters. The molecule has 3 aromatic rings. The SMILES string of the molecule is CC(C)c1cccc(Nc2nc3ccc(N)cc3[nH]2)c1. The first-order valence-electron chi connectivity index (χ1n) is 6.74. The van der Waals surface area contributed by atoms with Gasteiger partial charge >= 0.3 is 0 Å². The standard InChI is InChI=1S/C16H18N4/c1-10(2)11-4-3-5-13(8-11)18-16-19-14-7-6-12(17)9-15(14)20-16/h3-10H,17H2,1-2H3,(H2,18,19,20). The lowest BCUT2D eigenvalue weighted by Crippen LogP contribution is -1.94. The van der Waals surface area contributed by atoms with Crippen LogP contribution in [0.15, 0.2) is 42.5 Å². The van der Waals surface area contributed by atoms with E-state index in [2.05, 4.69) is 47.3 Å². The van der Waals surface area contributed by atoms with Crippen LogP contribution in [0.1, 0.15) is 25.3 Å². The summed E-state index contributed by atoms with van der Waals surface area (Å²) in [6.45, 7) is 4.37. The zero-order valence-electron chi connectivity index (χ0n) is 11.6. The molecule has 0 atom stereocenters. The Labute approximate surface area is 118 Å². The number of imidazole rings is 1. The van der Waals surface area contributed by atoms with E-state index in [1.165, 1.54) is 5.56 Å². The molecular weight excluding hydrogens is 248 g/mol. The molecule has 0 aliphatic rings. The van der Waals surface area contributed by atoms with E-state index in [4.69, 9.17) is 5.73 Å². The van der Waals surface area contributed by atoms with Gasteiger partial charge in [-0.3, -0.25) is 0 Å². The number of rotatable bonds is 3. The van der Waals surface area contributed by atoms with Crippen molar-refractivity contribution in [3.05, 3.63) is 48.0 Å². The summed E-state index contributed by atoms with van der Waals surface area (Å²) in [6, 6.07) is 14.0. The molecule has 4 nitrogen and oxygen atoms in total. The zero-order chi connectivity index (χ0) is 14.1. The quantitative estimate of drug-likeness (QED) is 0.627. The topological polar surface area (TPSA) is 66.7 Å². The number of nitrogens with one attached hydrogen (secondary N) is 2. The Bertz CT molecular complexity index is 743. The van der Waals surface area contributed by atoms with Gasteiger partial charge in [0.05, 0.1) is 11.0 Å². The number of hydrogen-bond donors (Lipinski definition) is 3. The number of fused-ring (bicyclic) bond motifs is 1. The van der Waals surface area contributed by atoms with Crippen LogP contribution in [0, 0.1) is 0 Å². The minimum absolute atomic E-state index is 0.507. The monoisotopic (exact) mass is 266 g/mol. The molecule has 0 saturated heterocycles. The van der Waals surface area contributed by atoms with E-state index in [1.807, 2.05) is 24.3 Å². The van der Waals surface area contributed by atoms with Gasteiger partial charge in [-0.1, -0.05) is 26.0 Å². The highest BCUT2D eigenvalue weighted by molar-refractivity contribution is 5.81. The molecule has 0 radical (unpaired) electrons. The van der Waals surface area contributed by atoms with Crippen molar-refractivity contribution in [2.75, 3.05) is 11.1 Å². The highest BCUT2D eigenvalue weighted by Gasteiger charge is 2.05. The molecule has 0 saturated carbocycles. The van der Waals surface area contributed by atoms with Crippen molar-refractivity contribution < 1.29 is 0 Å². The zero-order valence-corrected chi connectivity index (χ0v) is 11.6. The van der Waals surface area contributed by atoms with Gasteiger partial charge in [0.2, 0.25) is 5.95 Å². The van der Waals surface area contributed by atoms with Crippen LogP contribution in [-0.2, 0) is 0 Å². The van der Waals surface area contributed by atoms with Crippen molar-refractivity contribution in [2.24, 2.45) is 0 Å². The molecule has 0 amide bonds. The Morgan fingerprint density at radius 3 is 2.80 bits per heavy atom. The van der Waals surface area contributed by atoms with Gasteiger partial charge in [-0.05, 0) is 41.8 Å². The fraction of sp³-hybridized carbons (Fsp3) is 0.188. The third kappa shape index (κ3) is 2.45. The highest BCUT2D eigenvalue weighted by Crippen LogP contribution is 2.23. The number of nitrogen functional groups attached to an aromatic ring is 1. The van der Waals surface area contributed by atoms with Crippen LogP contribution in [0.5, 0.6) is 0 Å². The normalized spacial score (nSPS) is 11.2. The van der Waals surface area contributed by atoms with E-state index in [9.17, 15) is 0 Å². The van der Waals surface area contributed by atoms with E-state index < -0.39 is 0 Å². The van der Waals surface area contributed by atoms with Gasteiger partial charge in [-0.2, -0.15) is 0 Å². The molecule has 2 aromatic carbocycles. The largest absolute Gasteiger partial charge is 0.399 e. The maximum Gasteiger partial charge on any atom is 0.205 e. The van der Waals surface area contributed by atoms with Crippen molar-refractivity contribution >= 4 is 28.4 Å². The Morgan fingerprint density at radius 1 is 1.15 bits per heavy atom. The van der Waals surface area contributed by atoms with Gasteiger partial charge < -0.3 is 16.0 Å². The molecule has 0 aliphatic heterocycles. The van der Waals surface area contributed by atoms with Crippen LogP contribution in [-0.4, -0.2) is 9.97 Å². The summed E-state index contributed by atoms with van der Waals surface area (Å²) < 4.78 is 0. The predicted molar refractivity (Wildman–Crippen MR) is 84.3 cm³/mol. The Balaban J connectivity index is 1.90. The lowest BCUT2D eigenvalue weighted by atomic mass is 10.0. The molecule has 0 aliphatic carbocycles. The number of nitrogens with zero attached hydrogens (tertiary/aromatic N) is 1. The maximum absolute atomic E-state index is 5.77. The van der Waals surface area contributed by atoms with Crippen molar-refractivity contribution in [1.82, 2.24) is 9.97 Å². The summed E-state index contributed by atoms with van der Waals surface area (Å²) in [5.41, 5.74) is 10.7. The van der Waals surface area contributed by atoms with Gasteiger partial charge in [0.15, 0.2) is 0 Å². The van der Waals surface area contributed by atoms with Gasteiger partial charge in [0, 0.05) is 11.4 Å². The third-order valence-electron chi connectivity index (χ3n) is 3.32. The second kappa shape index (κ2) is 4.89. The molecule has 1 heterocycles. The van der Waals surface area contributed by atoms with Crippen molar-refractivity contribution in [3.8, 4) is 0 Å². The number of aromatic nitrogens is 2. The predicted octanol–water partition coefficient (Wildman–Crippen LogP) is 4.01. The first-order valence-corrected chi connectivity index (χ1v) is 6.74. The molecule has 102 valence electrons. The smallest absolute Gasteiger partial charge is 0.205 e. The average molecular weight is 266 g/mol. The van der Waals surface area contributed by atoms with Crippen molar-refractivity contribution in [1.29, 1.82) is 0 Å². The van der Waals surface area contributed by atoms with Gasteiger partial charge in [0.1, 0.15) is 0 Å². The molecule has 0 bridgehead atoms. The van der Waals surface area contributed by atoms with Crippen LogP contribution >= 0.6 is 0 Å². The Hall–Kier alpha value is -2.49. The molecule has 20 heavy (non-hydrogen) atoms. The first kappa shape index (κ1) is 12.5. The lowest BCUT2D eigenvalue weighted by molar-refractivity contribution is 0.867. The van der Waals surface area contributed by atoms with Crippen molar-refractivity contribution in [3.63, 3.8) is 0 Å². The Morgan fingerprint density at radius 2 is 2.00 bits per heavy atom. The van der Waals surface area contributed by atoms with Crippen LogP contribution in [0.3, 0.4) is 0 Å². The van der Waals surface area contributed by atoms with Crippen LogP contribution in [0.4, 0.5) is 17.3 Å². The number of hydrogen-bond acceptors (Lipinski definition) is 3. The molecular formula is C16H18N4. The van der Waals surface area contributed by atoms with Gasteiger partial charge in [0.25, 0.3) is 0 Å². The summed E-state index contributed by atoms with van der Waals surface area (Å²) in [5.74, 6) is 1.23. The fourth-order valence-electron chi connectivity index (χ4n) is 2.20. The molecule has 0 spiro atoms. The van der Waals surface area contributed by atoms with E-state index in [0.29, 0.717) is 5.92 Å². The van der Waals surface area contributed by atoms with E-state index >= 15 is 0 Å². The summed E-state index contributed by atoms with van der Waals surface area (Å²) in [5, 5.41) is 3.30. The second-order valence-electron chi connectivity index (χ2n) is 5.27. The van der Waals surface area contributed by atoms with E-state index in [-0.39, 0.29) is 0 Å². The summed E-state index contributed by atoms with van der Waals surface area (Å²) >= 11 is 0. The summed E-state index contributed by atoms with van der Waals surface area (Å²) in [6.07, 6.45) is 0. The maximum atomic E-state index is 5.77. The van der Waals surface area contributed by atoms with E-state index in [1.54, 1.807) is 0 Å². The second-order valence-corrected chi connectivity index (χ2v) is 5.27. The van der Waals surface area contributed by atoms with Crippen LogP contribution < -0.4 is 11.1 Å². The minimum Gasteiger partial charge on any atom is -0.399 e. The van der Waals surface area contributed by atoms with Crippen LogP contribution in [0.25, 0.3) is 11.0 Å². The minimum atomic E-state index is 0.507. The molecule has 3 rings (SSSR count).